The number of halogens is 1. The number of hydrogen-bond acceptors (Lipinski definition) is 4. The molecule has 0 amide bonds. The third-order valence-electron chi connectivity index (χ3n) is 2.66. The molecule has 6 heteroatoms. The molecule has 0 aliphatic heterocycles. The van der Waals surface area contributed by atoms with Crippen molar-refractivity contribution in [2.45, 2.75) is 13.3 Å². The summed E-state index contributed by atoms with van der Waals surface area (Å²) in [5.74, 6) is 1.31. The molecule has 0 spiro atoms. The van der Waals surface area contributed by atoms with Gasteiger partial charge in [-0.3, -0.25) is 10.1 Å². The van der Waals surface area contributed by atoms with Gasteiger partial charge in [-0.15, -0.1) is 0 Å². The lowest BCUT2D eigenvalue weighted by atomic mass is 10.3. The summed E-state index contributed by atoms with van der Waals surface area (Å²) in [4.78, 5) is 10.5. The highest BCUT2D eigenvalue weighted by Gasteiger charge is 2.20. The number of nitrogens with zero attached hydrogens (tertiary/aromatic N) is 1. The highest BCUT2D eigenvalue weighted by atomic mass is 35.5. The Morgan fingerprint density at radius 2 is 1.81 bits per heavy atom. The van der Waals surface area contributed by atoms with Crippen LogP contribution in [0.2, 0.25) is 5.02 Å². The van der Waals surface area contributed by atoms with Crippen LogP contribution in [0.3, 0.4) is 0 Å². The fourth-order valence-electron chi connectivity index (χ4n) is 1.71. The minimum Gasteiger partial charge on any atom is -0.494 e. The molecule has 0 fully saturated rings. The predicted octanol–water partition coefficient (Wildman–Crippen LogP) is 4.83. The number of para-hydroxylation sites is 1. The zero-order chi connectivity index (χ0) is 15.2. The minimum atomic E-state index is -0.559. The van der Waals surface area contributed by atoms with Crippen LogP contribution in [0.5, 0.6) is 17.2 Å². The molecule has 2 aromatic carbocycles. The molecular formula is C15H14ClNO4. The van der Waals surface area contributed by atoms with Gasteiger partial charge in [-0.25, -0.2) is 0 Å². The number of rotatable bonds is 6. The molecule has 0 N–H and O–H groups in total. The van der Waals surface area contributed by atoms with Crippen LogP contribution < -0.4 is 9.47 Å². The maximum absolute atomic E-state index is 11.0. The monoisotopic (exact) mass is 307 g/mol. The van der Waals surface area contributed by atoms with E-state index >= 15 is 0 Å². The van der Waals surface area contributed by atoms with Crippen molar-refractivity contribution in [1.29, 1.82) is 0 Å². The second kappa shape index (κ2) is 6.95. The summed E-state index contributed by atoms with van der Waals surface area (Å²) < 4.78 is 11.0. The van der Waals surface area contributed by atoms with Crippen LogP contribution in [-0.4, -0.2) is 11.5 Å². The predicted molar refractivity (Wildman–Crippen MR) is 80.4 cm³/mol. The van der Waals surface area contributed by atoms with E-state index in [-0.39, 0.29) is 16.5 Å². The number of hydrogen-bond donors (Lipinski definition) is 0. The zero-order valence-corrected chi connectivity index (χ0v) is 12.2. The fraction of sp³-hybridized carbons (Fsp3) is 0.200. The molecule has 0 aliphatic carbocycles. The van der Waals surface area contributed by atoms with Gasteiger partial charge in [-0.05, 0) is 42.8 Å². The second-order valence-electron chi connectivity index (χ2n) is 4.27. The molecule has 0 unspecified atom stereocenters. The number of nitro benzene ring substituents is 1. The Hall–Kier alpha value is -2.27. The molecule has 2 aromatic rings. The smallest absolute Gasteiger partial charge is 0.329 e. The molecular weight excluding hydrogens is 294 g/mol. The molecule has 0 aromatic heterocycles. The van der Waals surface area contributed by atoms with E-state index < -0.39 is 4.92 Å². The first-order valence-corrected chi connectivity index (χ1v) is 6.83. The van der Waals surface area contributed by atoms with E-state index in [0.29, 0.717) is 12.4 Å². The van der Waals surface area contributed by atoms with E-state index in [2.05, 4.69) is 0 Å². The Kier molecular flexibility index (Phi) is 5.00. The van der Waals surface area contributed by atoms with E-state index in [4.69, 9.17) is 21.1 Å². The SMILES string of the molecule is CCCOc1ccc(Oc2cccc(Cl)c2[N+](=O)[O-])cc1. The number of ether oxygens (including phenoxy) is 2. The molecule has 0 saturated heterocycles. The van der Waals surface area contributed by atoms with Crippen LogP contribution in [0.4, 0.5) is 5.69 Å². The van der Waals surface area contributed by atoms with Gasteiger partial charge in [-0.1, -0.05) is 24.6 Å². The van der Waals surface area contributed by atoms with Crippen molar-refractivity contribution in [3.63, 3.8) is 0 Å². The van der Waals surface area contributed by atoms with Gasteiger partial charge in [0.15, 0.2) is 0 Å². The van der Waals surface area contributed by atoms with Crippen LogP contribution in [-0.2, 0) is 0 Å². The van der Waals surface area contributed by atoms with Crippen molar-refractivity contribution in [2.75, 3.05) is 6.61 Å². The Balaban J connectivity index is 2.19. The summed E-state index contributed by atoms with van der Waals surface area (Å²) in [7, 11) is 0. The number of nitro groups is 1. The third kappa shape index (κ3) is 3.86. The van der Waals surface area contributed by atoms with Gasteiger partial charge in [0.2, 0.25) is 5.75 Å². The minimum absolute atomic E-state index is 0.0420. The van der Waals surface area contributed by atoms with Gasteiger partial charge in [0, 0.05) is 0 Å². The van der Waals surface area contributed by atoms with Crippen molar-refractivity contribution < 1.29 is 14.4 Å². The topological polar surface area (TPSA) is 61.6 Å². The summed E-state index contributed by atoms with van der Waals surface area (Å²) >= 11 is 5.83. The Bertz CT molecular complexity index is 628. The lowest BCUT2D eigenvalue weighted by Crippen LogP contribution is -1.96. The highest BCUT2D eigenvalue weighted by molar-refractivity contribution is 6.32. The van der Waals surface area contributed by atoms with Gasteiger partial charge in [-0.2, -0.15) is 0 Å². The van der Waals surface area contributed by atoms with Crippen LogP contribution in [0.25, 0.3) is 0 Å². The third-order valence-corrected chi connectivity index (χ3v) is 2.96. The summed E-state index contributed by atoms with van der Waals surface area (Å²) in [5, 5.41) is 11.1. The van der Waals surface area contributed by atoms with Crippen molar-refractivity contribution in [2.24, 2.45) is 0 Å². The highest BCUT2D eigenvalue weighted by Crippen LogP contribution is 2.37. The largest absolute Gasteiger partial charge is 0.494 e. The van der Waals surface area contributed by atoms with Crippen molar-refractivity contribution in [1.82, 2.24) is 0 Å². The van der Waals surface area contributed by atoms with E-state index in [1.165, 1.54) is 12.1 Å². The van der Waals surface area contributed by atoms with E-state index in [1.807, 2.05) is 6.92 Å². The molecule has 21 heavy (non-hydrogen) atoms. The Morgan fingerprint density at radius 3 is 2.43 bits per heavy atom. The Morgan fingerprint density at radius 1 is 1.14 bits per heavy atom. The first-order chi connectivity index (χ1) is 10.1. The fourth-order valence-corrected chi connectivity index (χ4v) is 1.94. The quantitative estimate of drug-likeness (QED) is 0.566. The van der Waals surface area contributed by atoms with Gasteiger partial charge in [0.25, 0.3) is 0 Å². The maximum atomic E-state index is 11.0. The van der Waals surface area contributed by atoms with Crippen molar-refractivity contribution >= 4 is 17.3 Å². The van der Waals surface area contributed by atoms with Crippen molar-refractivity contribution in [3.8, 4) is 17.2 Å². The molecule has 0 heterocycles. The van der Waals surface area contributed by atoms with Crippen molar-refractivity contribution in [3.05, 3.63) is 57.6 Å². The van der Waals surface area contributed by atoms with Crippen LogP contribution in [0, 0.1) is 10.1 Å². The molecule has 0 atom stereocenters. The van der Waals surface area contributed by atoms with Crippen LogP contribution >= 0.6 is 11.6 Å². The molecule has 0 bridgehead atoms. The molecule has 2 rings (SSSR count). The molecule has 0 aliphatic rings. The summed E-state index contributed by atoms with van der Waals surface area (Å²) in [6.45, 7) is 2.66. The Labute approximate surface area is 127 Å². The maximum Gasteiger partial charge on any atom is 0.329 e. The standard InChI is InChI=1S/C15H14ClNO4/c1-2-10-20-11-6-8-12(9-7-11)21-14-5-3-4-13(16)15(14)17(18)19/h3-9H,2,10H2,1H3. The van der Waals surface area contributed by atoms with E-state index in [1.54, 1.807) is 30.3 Å². The van der Waals surface area contributed by atoms with Gasteiger partial charge in [0.1, 0.15) is 16.5 Å². The van der Waals surface area contributed by atoms with E-state index in [0.717, 1.165) is 12.2 Å². The van der Waals surface area contributed by atoms with E-state index in [9.17, 15) is 10.1 Å². The summed E-state index contributed by atoms with van der Waals surface area (Å²) in [6, 6.07) is 11.4. The molecule has 0 saturated carbocycles. The lowest BCUT2D eigenvalue weighted by molar-refractivity contribution is -0.385. The normalized spacial score (nSPS) is 10.2. The van der Waals surface area contributed by atoms with Crippen LogP contribution in [0.1, 0.15) is 13.3 Å². The van der Waals surface area contributed by atoms with Crippen LogP contribution in [0.15, 0.2) is 42.5 Å². The second-order valence-corrected chi connectivity index (χ2v) is 4.67. The van der Waals surface area contributed by atoms with Gasteiger partial charge < -0.3 is 9.47 Å². The average molecular weight is 308 g/mol. The summed E-state index contributed by atoms with van der Waals surface area (Å²) in [5.41, 5.74) is -0.245. The summed E-state index contributed by atoms with van der Waals surface area (Å²) in [6.07, 6.45) is 0.924. The van der Waals surface area contributed by atoms with Gasteiger partial charge >= 0.3 is 5.69 Å². The first-order valence-electron chi connectivity index (χ1n) is 6.45. The zero-order valence-electron chi connectivity index (χ0n) is 11.4. The van der Waals surface area contributed by atoms with Gasteiger partial charge in [0.05, 0.1) is 11.5 Å². The first kappa shape index (κ1) is 15.1. The molecule has 5 nitrogen and oxygen atoms in total. The molecule has 110 valence electrons. The average Bonchev–Trinajstić information content (AvgIpc) is 2.46. The molecule has 0 radical (unpaired) electrons. The number of benzene rings is 2. The lowest BCUT2D eigenvalue weighted by Gasteiger charge is -2.08.